The van der Waals surface area contributed by atoms with Crippen LogP contribution >= 0.6 is 0 Å². The number of rotatable bonds is 1. The first-order valence-electron chi connectivity index (χ1n) is 4.94. The molecule has 1 aliphatic rings. The molecule has 1 saturated heterocycles. The second kappa shape index (κ2) is 3.06. The normalized spacial score (nSPS) is 21.9. The van der Waals surface area contributed by atoms with E-state index in [2.05, 4.69) is 21.5 Å². The van der Waals surface area contributed by atoms with Crippen molar-refractivity contribution in [2.75, 3.05) is 13.1 Å². The zero-order chi connectivity index (χ0) is 9.38. The third-order valence-electron chi connectivity index (χ3n) is 2.80. The second-order valence-corrected chi connectivity index (χ2v) is 3.66. The molecule has 14 heavy (non-hydrogen) atoms. The van der Waals surface area contributed by atoms with Gasteiger partial charge in [0.2, 0.25) is 0 Å². The summed E-state index contributed by atoms with van der Waals surface area (Å²) in [6.45, 7) is 2.16. The van der Waals surface area contributed by atoms with Crippen LogP contribution in [0.1, 0.15) is 18.0 Å². The molecule has 4 heteroatoms. The molecule has 2 aromatic heterocycles. The average molecular weight is 188 g/mol. The van der Waals surface area contributed by atoms with E-state index in [4.69, 9.17) is 0 Å². The molecular weight excluding hydrogens is 176 g/mol. The predicted octanol–water partition coefficient (Wildman–Crippen LogP) is 0.806. The van der Waals surface area contributed by atoms with Crippen LogP contribution in [0.15, 0.2) is 24.5 Å². The molecular formula is C10H12N4. The molecule has 0 saturated carbocycles. The summed E-state index contributed by atoms with van der Waals surface area (Å²) in [4.78, 5) is 4.25. The van der Waals surface area contributed by atoms with Crippen molar-refractivity contribution in [1.29, 1.82) is 0 Å². The zero-order valence-electron chi connectivity index (χ0n) is 7.85. The van der Waals surface area contributed by atoms with E-state index in [-0.39, 0.29) is 0 Å². The molecule has 0 aliphatic carbocycles. The van der Waals surface area contributed by atoms with Crippen LogP contribution in [0.3, 0.4) is 0 Å². The number of hydrogen-bond donors (Lipinski definition) is 1. The minimum absolute atomic E-state index is 0.584. The molecule has 0 amide bonds. The van der Waals surface area contributed by atoms with Crippen LogP contribution in [0.2, 0.25) is 0 Å². The molecule has 1 N–H and O–H groups in total. The topological polar surface area (TPSA) is 42.2 Å². The van der Waals surface area contributed by atoms with Gasteiger partial charge in [-0.25, -0.2) is 9.50 Å². The SMILES string of the molecule is c1cc(C2CCNC2)n2nccc2n1. The summed E-state index contributed by atoms with van der Waals surface area (Å²) in [5.41, 5.74) is 2.21. The van der Waals surface area contributed by atoms with Crippen LogP contribution in [0.5, 0.6) is 0 Å². The van der Waals surface area contributed by atoms with Gasteiger partial charge < -0.3 is 5.32 Å². The molecule has 3 rings (SSSR count). The van der Waals surface area contributed by atoms with E-state index in [1.54, 1.807) is 6.20 Å². The number of aromatic nitrogens is 3. The maximum atomic E-state index is 4.29. The lowest BCUT2D eigenvalue weighted by Gasteiger charge is -2.09. The van der Waals surface area contributed by atoms with Gasteiger partial charge in [0, 0.05) is 24.7 Å². The summed E-state index contributed by atoms with van der Waals surface area (Å²) in [5, 5.41) is 7.66. The monoisotopic (exact) mass is 188 g/mol. The van der Waals surface area contributed by atoms with Crippen molar-refractivity contribution in [3.63, 3.8) is 0 Å². The maximum Gasteiger partial charge on any atom is 0.155 e. The number of fused-ring (bicyclic) bond motifs is 1. The Labute approximate surface area is 82.0 Å². The lowest BCUT2D eigenvalue weighted by atomic mass is 10.1. The lowest BCUT2D eigenvalue weighted by molar-refractivity contribution is 0.691. The maximum absolute atomic E-state index is 4.29. The van der Waals surface area contributed by atoms with E-state index in [1.165, 1.54) is 12.1 Å². The standard InChI is InChI=1S/C10H12N4/c1-4-11-7-8(1)9-2-5-12-10-3-6-13-14(9)10/h2-3,5-6,8,11H,1,4,7H2. The minimum atomic E-state index is 0.584. The van der Waals surface area contributed by atoms with E-state index >= 15 is 0 Å². The third kappa shape index (κ3) is 1.11. The Morgan fingerprint density at radius 3 is 3.21 bits per heavy atom. The Morgan fingerprint density at radius 2 is 2.36 bits per heavy atom. The number of hydrogen-bond acceptors (Lipinski definition) is 3. The average Bonchev–Trinajstić information content (AvgIpc) is 2.88. The quantitative estimate of drug-likeness (QED) is 0.720. The van der Waals surface area contributed by atoms with Gasteiger partial charge in [0.05, 0.1) is 11.9 Å². The van der Waals surface area contributed by atoms with Gasteiger partial charge >= 0.3 is 0 Å². The van der Waals surface area contributed by atoms with Crippen molar-refractivity contribution in [3.05, 3.63) is 30.2 Å². The fourth-order valence-electron chi connectivity index (χ4n) is 2.07. The van der Waals surface area contributed by atoms with Crippen LogP contribution in [-0.2, 0) is 0 Å². The molecule has 0 aromatic carbocycles. The number of nitrogens with one attached hydrogen (secondary N) is 1. The molecule has 72 valence electrons. The first kappa shape index (κ1) is 7.94. The minimum Gasteiger partial charge on any atom is -0.316 e. The summed E-state index contributed by atoms with van der Waals surface area (Å²) in [7, 11) is 0. The molecule has 1 aliphatic heterocycles. The zero-order valence-corrected chi connectivity index (χ0v) is 7.85. The van der Waals surface area contributed by atoms with Crippen molar-refractivity contribution >= 4 is 5.65 Å². The highest BCUT2D eigenvalue weighted by Crippen LogP contribution is 2.21. The number of nitrogens with zero attached hydrogens (tertiary/aromatic N) is 3. The molecule has 3 heterocycles. The third-order valence-corrected chi connectivity index (χ3v) is 2.80. The van der Waals surface area contributed by atoms with Gasteiger partial charge in [-0.15, -0.1) is 0 Å². The smallest absolute Gasteiger partial charge is 0.155 e. The van der Waals surface area contributed by atoms with Crippen molar-refractivity contribution < 1.29 is 0 Å². The Balaban J connectivity index is 2.14. The molecule has 1 atom stereocenters. The first-order valence-corrected chi connectivity index (χ1v) is 4.94. The molecule has 0 radical (unpaired) electrons. The summed E-state index contributed by atoms with van der Waals surface area (Å²) < 4.78 is 1.94. The molecule has 1 fully saturated rings. The van der Waals surface area contributed by atoms with Gasteiger partial charge in [0.15, 0.2) is 5.65 Å². The van der Waals surface area contributed by atoms with Crippen molar-refractivity contribution in [2.45, 2.75) is 12.3 Å². The van der Waals surface area contributed by atoms with Crippen LogP contribution < -0.4 is 5.32 Å². The fourth-order valence-corrected chi connectivity index (χ4v) is 2.07. The predicted molar refractivity (Wildman–Crippen MR) is 53.2 cm³/mol. The Kier molecular flexibility index (Phi) is 1.73. The van der Waals surface area contributed by atoms with Crippen molar-refractivity contribution in [2.24, 2.45) is 0 Å². The molecule has 4 nitrogen and oxygen atoms in total. The van der Waals surface area contributed by atoms with E-state index in [0.717, 1.165) is 18.7 Å². The fraction of sp³-hybridized carbons (Fsp3) is 0.400. The Bertz CT molecular complexity index is 442. The van der Waals surface area contributed by atoms with Crippen molar-refractivity contribution in [1.82, 2.24) is 19.9 Å². The molecule has 2 aromatic rings. The van der Waals surface area contributed by atoms with Crippen LogP contribution in [0.25, 0.3) is 5.65 Å². The second-order valence-electron chi connectivity index (χ2n) is 3.66. The van der Waals surface area contributed by atoms with Crippen LogP contribution in [0.4, 0.5) is 0 Å². The van der Waals surface area contributed by atoms with Crippen molar-refractivity contribution in [3.8, 4) is 0 Å². The molecule has 1 unspecified atom stereocenters. The van der Waals surface area contributed by atoms with E-state index in [0.29, 0.717) is 5.92 Å². The summed E-state index contributed by atoms with van der Waals surface area (Å²) >= 11 is 0. The van der Waals surface area contributed by atoms with Gasteiger partial charge in [-0.05, 0) is 19.0 Å². The van der Waals surface area contributed by atoms with Crippen LogP contribution in [0, 0.1) is 0 Å². The summed E-state index contributed by atoms with van der Waals surface area (Å²) in [6.07, 6.45) is 4.86. The summed E-state index contributed by atoms with van der Waals surface area (Å²) in [6, 6.07) is 4.00. The van der Waals surface area contributed by atoms with Gasteiger partial charge in [-0.1, -0.05) is 0 Å². The summed E-state index contributed by atoms with van der Waals surface area (Å²) in [5.74, 6) is 0.584. The molecule has 0 bridgehead atoms. The van der Waals surface area contributed by atoms with E-state index in [9.17, 15) is 0 Å². The van der Waals surface area contributed by atoms with Crippen LogP contribution in [-0.4, -0.2) is 27.7 Å². The van der Waals surface area contributed by atoms with Gasteiger partial charge in [-0.3, -0.25) is 0 Å². The van der Waals surface area contributed by atoms with Gasteiger partial charge in [0.25, 0.3) is 0 Å². The Hall–Kier alpha value is -1.42. The van der Waals surface area contributed by atoms with Gasteiger partial charge in [-0.2, -0.15) is 5.10 Å². The highest BCUT2D eigenvalue weighted by atomic mass is 15.2. The molecule has 0 spiro atoms. The van der Waals surface area contributed by atoms with E-state index in [1.807, 2.05) is 16.8 Å². The lowest BCUT2D eigenvalue weighted by Crippen LogP contribution is -2.11. The Morgan fingerprint density at radius 1 is 1.36 bits per heavy atom. The van der Waals surface area contributed by atoms with Gasteiger partial charge in [0.1, 0.15) is 0 Å². The highest BCUT2D eigenvalue weighted by molar-refractivity contribution is 5.37. The first-order chi connectivity index (χ1) is 6.95. The largest absolute Gasteiger partial charge is 0.316 e. The van der Waals surface area contributed by atoms with E-state index < -0.39 is 0 Å². The highest BCUT2D eigenvalue weighted by Gasteiger charge is 2.19.